The molecule has 0 unspecified atom stereocenters. The minimum Gasteiger partial charge on any atom is -0.342 e. The molecule has 170 valence electrons. The lowest BCUT2D eigenvalue weighted by Crippen LogP contribution is -2.42. The summed E-state index contributed by atoms with van der Waals surface area (Å²) in [6.45, 7) is 5.81. The van der Waals surface area contributed by atoms with Gasteiger partial charge in [-0.3, -0.25) is 14.9 Å². The summed E-state index contributed by atoms with van der Waals surface area (Å²) in [6.07, 6.45) is 3.24. The van der Waals surface area contributed by atoms with Crippen molar-refractivity contribution in [2.45, 2.75) is 23.2 Å². The van der Waals surface area contributed by atoms with Gasteiger partial charge < -0.3 is 4.90 Å². The number of nitrogens with one attached hydrogen (secondary N) is 2. The Hall–Kier alpha value is -2.97. The Morgan fingerprint density at radius 3 is 2.85 bits per heavy atom. The van der Waals surface area contributed by atoms with Crippen molar-refractivity contribution >= 4 is 56.5 Å². The summed E-state index contributed by atoms with van der Waals surface area (Å²) in [7, 11) is 0. The normalized spacial score (nSPS) is 18.8. The SMILES string of the molecule is C=C(c1cc(C#N)cs1)c1n[nH]c2nc(N3CCC4(CC3)Cc3ccccc3[C@H]4I)[nH]c(=O)c12. The van der Waals surface area contributed by atoms with Crippen LogP contribution in [0.5, 0.6) is 0 Å². The Kier molecular flexibility index (Phi) is 5.11. The molecule has 2 N–H and O–H groups in total. The quantitative estimate of drug-likeness (QED) is 0.264. The van der Waals surface area contributed by atoms with Gasteiger partial charge in [-0.25, -0.2) is 0 Å². The number of benzene rings is 1. The van der Waals surface area contributed by atoms with E-state index in [1.165, 1.54) is 22.5 Å². The van der Waals surface area contributed by atoms with Gasteiger partial charge in [0.2, 0.25) is 5.95 Å². The predicted octanol–water partition coefficient (Wildman–Crippen LogP) is 4.96. The Balaban J connectivity index is 1.25. The summed E-state index contributed by atoms with van der Waals surface area (Å²) in [4.78, 5) is 23.8. The van der Waals surface area contributed by atoms with Crippen molar-refractivity contribution in [3.8, 4) is 6.07 Å². The van der Waals surface area contributed by atoms with Crippen LogP contribution in [-0.4, -0.2) is 33.3 Å². The van der Waals surface area contributed by atoms with Crippen LogP contribution >= 0.6 is 33.9 Å². The summed E-state index contributed by atoms with van der Waals surface area (Å²) in [5.41, 5.74) is 5.07. The van der Waals surface area contributed by atoms with Gasteiger partial charge in [0, 0.05) is 32.8 Å². The second-order valence-corrected chi connectivity index (χ2v) is 11.2. The summed E-state index contributed by atoms with van der Waals surface area (Å²) in [5.74, 6) is 0.580. The number of alkyl halides is 1. The second kappa shape index (κ2) is 8.06. The molecule has 1 saturated heterocycles. The zero-order valence-corrected chi connectivity index (χ0v) is 21.2. The van der Waals surface area contributed by atoms with Crippen LogP contribution in [0.15, 0.2) is 47.1 Å². The fraction of sp³-hybridized carbons (Fsp3) is 0.280. The third-order valence-corrected chi connectivity index (χ3v) is 10.2. The highest BCUT2D eigenvalue weighted by Crippen LogP contribution is 2.56. The van der Waals surface area contributed by atoms with Gasteiger partial charge in [0.15, 0.2) is 5.65 Å². The molecule has 0 saturated carbocycles. The minimum atomic E-state index is -0.234. The smallest absolute Gasteiger partial charge is 0.264 e. The maximum Gasteiger partial charge on any atom is 0.264 e. The molecule has 1 aliphatic heterocycles. The first-order valence-corrected chi connectivity index (χ1v) is 13.3. The van der Waals surface area contributed by atoms with Gasteiger partial charge in [-0.05, 0) is 41.9 Å². The topological polar surface area (TPSA) is 101 Å². The number of nitrogens with zero attached hydrogens (tertiary/aromatic N) is 4. The fourth-order valence-corrected chi connectivity index (χ4v) is 7.56. The number of nitriles is 1. The van der Waals surface area contributed by atoms with E-state index in [4.69, 9.17) is 10.2 Å². The van der Waals surface area contributed by atoms with Gasteiger partial charge in [-0.2, -0.15) is 15.3 Å². The lowest BCUT2D eigenvalue weighted by atomic mass is 9.76. The molecule has 4 heterocycles. The minimum absolute atomic E-state index is 0.234. The zero-order valence-electron chi connectivity index (χ0n) is 18.3. The molecule has 1 aromatic carbocycles. The summed E-state index contributed by atoms with van der Waals surface area (Å²) >= 11 is 4.03. The van der Waals surface area contributed by atoms with Gasteiger partial charge in [0.25, 0.3) is 5.56 Å². The highest BCUT2D eigenvalue weighted by Gasteiger charge is 2.46. The van der Waals surface area contributed by atoms with E-state index in [0.29, 0.717) is 37.7 Å². The van der Waals surface area contributed by atoms with E-state index in [0.717, 1.165) is 37.2 Å². The van der Waals surface area contributed by atoms with Crippen molar-refractivity contribution in [1.82, 2.24) is 20.2 Å². The van der Waals surface area contributed by atoms with Crippen LogP contribution in [0.25, 0.3) is 16.6 Å². The van der Waals surface area contributed by atoms with Gasteiger partial charge in [0.1, 0.15) is 17.1 Å². The fourth-order valence-electron chi connectivity index (χ4n) is 5.30. The lowest BCUT2D eigenvalue weighted by molar-refractivity contribution is 0.233. The van der Waals surface area contributed by atoms with E-state index in [2.05, 4.69) is 79.6 Å². The van der Waals surface area contributed by atoms with Crippen LogP contribution in [0.4, 0.5) is 5.95 Å². The molecule has 0 amide bonds. The number of anilines is 1. The summed E-state index contributed by atoms with van der Waals surface area (Å²) in [6, 6.07) is 12.7. The average Bonchev–Trinajstić information content (AvgIpc) is 3.57. The van der Waals surface area contributed by atoms with Crippen molar-refractivity contribution in [3.05, 3.63) is 79.9 Å². The van der Waals surface area contributed by atoms with Gasteiger partial charge in [-0.1, -0.05) is 53.4 Å². The number of piperidine rings is 1. The Morgan fingerprint density at radius 2 is 2.12 bits per heavy atom. The van der Waals surface area contributed by atoms with E-state index in [1.807, 2.05) is 0 Å². The predicted molar refractivity (Wildman–Crippen MR) is 142 cm³/mol. The van der Waals surface area contributed by atoms with Crippen molar-refractivity contribution in [2.24, 2.45) is 5.41 Å². The van der Waals surface area contributed by atoms with Crippen LogP contribution in [0, 0.1) is 16.7 Å². The molecular weight excluding hydrogens is 559 g/mol. The number of H-pyrrole nitrogens is 2. The molecule has 1 spiro atoms. The van der Waals surface area contributed by atoms with Gasteiger partial charge in [-0.15, -0.1) is 11.3 Å². The number of hydrogen-bond donors (Lipinski definition) is 2. The molecular formula is C25H21IN6OS. The molecule has 6 rings (SSSR count). The molecule has 2 aliphatic rings. The number of aromatic nitrogens is 4. The van der Waals surface area contributed by atoms with Crippen LogP contribution in [0.1, 0.15) is 44.0 Å². The number of fused-ring (bicyclic) bond motifs is 2. The average molecular weight is 580 g/mol. The largest absolute Gasteiger partial charge is 0.342 e. The highest BCUT2D eigenvalue weighted by atomic mass is 127. The molecule has 4 aromatic rings. The van der Waals surface area contributed by atoms with E-state index < -0.39 is 0 Å². The molecule has 0 bridgehead atoms. The third kappa shape index (κ3) is 3.31. The number of hydrogen-bond acceptors (Lipinski definition) is 6. The van der Waals surface area contributed by atoms with E-state index in [9.17, 15) is 4.79 Å². The molecule has 1 atom stereocenters. The Labute approximate surface area is 213 Å². The molecule has 0 radical (unpaired) electrons. The van der Waals surface area contributed by atoms with Crippen molar-refractivity contribution in [1.29, 1.82) is 5.26 Å². The summed E-state index contributed by atoms with van der Waals surface area (Å²) < 4.78 is 0.512. The van der Waals surface area contributed by atoms with Crippen LogP contribution in [0.2, 0.25) is 0 Å². The zero-order chi connectivity index (χ0) is 23.4. The number of thiophene rings is 1. The number of rotatable bonds is 3. The van der Waals surface area contributed by atoms with Gasteiger partial charge >= 0.3 is 0 Å². The van der Waals surface area contributed by atoms with Crippen molar-refractivity contribution in [3.63, 3.8) is 0 Å². The van der Waals surface area contributed by atoms with Crippen LogP contribution in [-0.2, 0) is 6.42 Å². The maximum absolute atomic E-state index is 13.1. The van der Waals surface area contributed by atoms with E-state index in [-0.39, 0.29) is 11.0 Å². The maximum atomic E-state index is 13.1. The van der Waals surface area contributed by atoms with Gasteiger partial charge in [0.05, 0.1) is 5.56 Å². The lowest BCUT2D eigenvalue weighted by Gasteiger charge is -2.41. The number of aromatic amines is 2. The molecule has 3 aromatic heterocycles. The monoisotopic (exact) mass is 580 g/mol. The van der Waals surface area contributed by atoms with Crippen molar-refractivity contribution in [2.75, 3.05) is 18.0 Å². The third-order valence-electron chi connectivity index (χ3n) is 7.20. The highest BCUT2D eigenvalue weighted by molar-refractivity contribution is 14.1. The summed E-state index contributed by atoms with van der Waals surface area (Å²) in [5, 5.41) is 18.5. The first-order valence-electron chi connectivity index (χ1n) is 11.1. The number of halogens is 1. The molecule has 9 heteroatoms. The first-order chi connectivity index (χ1) is 16.5. The Bertz CT molecular complexity index is 1530. The van der Waals surface area contributed by atoms with Crippen molar-refractivity contribution < 1.29 is 0 Å². The molecule has 7 nitrogen and oxygen atoms in total. The van der Waals surface area contributed by atoms with Crippen LogP contribution in [0.3, 0.4) is 0 Å². The standard InChI is InChI=1S/C25H21IN6OS/c1-14(18-10-15(12-27)13-34-18)20-19-22(31-30-20)28-24(29-23(19)33)32-8-6-25(7-9-32)11-16-4-2-3-5-17(16)21(25)26/h2-5,10,13,21H,1,6-9,11H2,(H2,28,29,30,31,33)/t21-/m1/s1. The Morgan fingerprint density at radius 1 is 1.32 bits per heavy atom. The van der Waals surface area contributed by atoms with E-state index in [1.54, 1.807) is 11.4 Å². The van der Waals surface area contributed by atoms with E-state index >= 15 is 0 Å². The first kappa shape index (κ1) is 21.6. The molecule has 34 heavy (non-hydrogen) atoms. The second-order valence-electron chi connectivity index (χ2n) is 9.06. The molecule has 1 aliphatic carbocycles. The molecule has 1 fully saturated rings. The van der Waals surface area contributed by atoms with Crippen LogP contribution < -0.4 is 10.5 Å².